The highest BCUT2D eigenvalue weighted by Gasteiger charge is 2.25. The molecule has 0 bridgehead atoms. The number of aromatic nitrogens is 6. The van der Waals surface area contributed by atoms with Crippen LogP contribution in [0.15, 0.2) is 437 Å². The van der Waals surface area contributed by atoms with Crippen LogP contribution in [0.5, 0.6) is 0 Å². The van der Waals surface area contributed by atoms with Crippen LogP contribution < -0.4 is 0 Å². The molecular formula is C126H90N6. The zero-order valence-electron chi connectivity index (χ0n) is 74.3. The molecule has 26 aromatic rings. The van der Waals surface area contributed by atoms with Gasteiger partial charge in [-0.25, -0.2) is 0 Å². The van der Waals surface area contributed by atoms with E-state index in [2.05, 4.69) is 506 Å². The summed E-state index contributed by atoms with van der Waals surface area (Å²) < 4.78 is 14.6. The average molecular weight is 1690 g/mol. The van der Waals surface area contributed by atoms with Gasteiger partial charge in [0.05, 0.1) is 66.2 Å². The largest absolute Gasteiger partial charge is 0.309 e. The van der Waals surface area contributed by atoms with Crippen molar-refractivity contribution in [1.82, 2.24) is 27.4 Å². The number of aryl methyl sites for hydroxylation is 6. The Bertz CT molecular complexity index is 8070. The van der Waals surface area contributed by atoms with Crippen molar-refractivity contribution in [3.05, 3.63) is 470 Å². The number of rotatable bonds is 12. The molecule has 0 saturated carbocycles. The van der Waals surface area contributed by atoms with Crippen molar-refractivity contribution >= 4 is 131 Å². The molecule has 0 radical (unpaired) electrons. The van der Waals surface area contributed by atoms with Crippen LogP contribution in [0, 0.1) is 41.5 Å². The second-order valence-corrected chi connectivity index (χ2v) is 35.8. The first kappa shape index (κ1) is 77.5. The van der Waals surface area contributed by atoms with Crippen LogP contribution in [0.2, 0.25) is 0 Å². The maximum absolute atomic E-state index is 2.47. The lowest BCUT2D eigenvalue weighted by atomic mass is 9.87. The van der Waals surface area contributed by atoms with Crippen LogP contribution in [0.25, 0.3) is 232 Å². The van der Waals surface area contributed by atoms with Crippen LogP contribution in [0.3, 0.4) is 0 Å². The van der Waals surface area contributed by atoms with E-state index >= 15 is 0 Å². The number of nitrogens with zero attached hydrogens (tertiary/aromatic N) is 6. The second kappa shape index (κ2) is 31.0. The van der Waals surface area contributed by atoms with E-state index in [1.165, 1.54) is 215 Å². The fraction of sp³-hybridized carbons (Fsp3) is 0.0476. The van der Waals surface area contributed by atoms with Gasteiger partial charge in [0.25, 0.3) is 0 Å². The third-order valence-corrected chi connectivity index (χ3v) is 27.9. The SMILES string of the molecule is Cc1cc(C)c(-n2c3ccccc3c3ccccc32)cc1-c1cc(-c2cc(-n3c4ccccc4c4ccccc43)c(C)cc2C)cc(-c2cc(-n3c4ccccc4c4ccccc43)c(C)cc2C)c1.c1cc(-c2cc(-c3cccc(-n4c5ccccc5c5ccccc54)c3)cc(-c3cccc(-n4c5ccccc5c5ccccc54)c3)c2)cc(-n2c3ccccc3c3ccccc32)c1. The maximum atomic E-state index is 2.47. The third-order valence-electron chi connectivity index (χ3n) is 27.9. The summed E-state index contributed by atoms with van der Waals surface area (Å²) in [5, 5.41) is 15.1. The minimum atomic E-state index is 1.14. The van der Waals surface area contributed by atoms with Crippen molar-refractivity contribution in [2.45, 2.75) is 41.5 Å². The highest BCUT2D eigenvalue weighted by atomic mass is 15.0. The predicted octanol–water partition coefficient (Wildman–Crippen LogP) is 33.8. The second-order valence-electron chi connectivity index (χ2n) is 35.8. The van der Waals surface area contributed by atoms with Gasteiger partial charge in [0.2, 0.25) is 0 Å². The molecule has 0 N–H and O–H groups in total. The summed E-state index contributed by atoms with van der Waals surface area (Å²) in [6.45, 7) is 13.6. The van der Waals surface area contributed by atoms with E-state index in [1.807, 2.05) is 0 Å². The number of fused-ring (bicyclic) bond motifs is 18. The first-order valence-electron chi connectivity index (χ1n) is 45.8. The molecule has 6 heterocycles. The van der Waals surface area contributed by atoms with E-state index < -0.39 is 0 Å². The van der Waals surface area contributed by atoms with E-state index in [1.54, 1.807) is 0 Å². The van der Waals surface area contributed by atoms with Crippen LogP contribution >= 0.6 is 0 Å². The first-order chi connectivity index (χ1) is 65.0. The zero-order valence-corrected chi connectivity index (χ0v) is 74.3. The van der Waals surface area contributed by atoms with E-state index in [0.29, 0.717) is 0 Å². The van der Waals surface area contributed by atoms with Crippen LogP contribution in [0.1, 0.15) is 33.4 Å². The Hall–Kier alpha value is -16.8. The highest BCUT2D eigenvalue weighted by molar-refractivity contribution is 6.15. The number of hydrogen-bond acceptors (Lipinski definition) is 0. The summed E-state index contributed by atoms with van der Waals surface area (Å²) in [5.41, 5.74) is 43.2. The van der Waals surface area contributed by atoms with Gasteiger partial charge in [0, 0.05) is 98.8 Å². The summed E-state index contributed by atoms with van der Waals surface area (Å²) in [7, 11) is 0. The predicted molar refractivity (Wildman–Crippen MR) is 560 cm³/mol. The van der Waals surface area contributed by atoms with Gasteiger partial charge in [-0.05, 0) is 305 Å². The number of benzene rings is 20. The molecule has 0 amide bonds. The molecule has 0 fully saturated rings. The Balaban J connectivity index is 0.000000142. The summed E-state index contributed by atoms with van der Waals surface area (Å²) in [5.74, 6) is 0. The molecule has 6 heteroatoms. The molecule has 0 unspecified atom stereocenters. The van der Waals surface area contributed by atoms with Gasteiger partial charge in [-0.3, -0.25) is 0 Å². The van der Waals surface area contributed by atoms with Gasteiger partial charge in [-0.15, -0.1) is 0 Å². The van der Waals surface area contributed by atoms with Crippen molar-refractivity contribution in [1.29, 1.82) is 0 Å². The lowest BCUT2D eigenvalue weighted by Crippen LogP contribution is -2.01. The lowest BCUT2D eigenvalue weighted by Gasteiger charge is -2.20. The van der Waals surface area contributed by atoms with Gasteiger partial charge < -0.3 is 27.4 Å². The van der Waals surface area contributed by atoms with Gasteiger partial charge >= 0.3 is 0 Å². The molecule has 26 rings (SSSR count). The van der Waals surface area contributed by atoms with Crippen molar-refractivity contribution in [2.75, 3.05) is 0 Å². The Kier molecular flexibility index (Phi) is 18.2. The van der Waals surface area contributed by atoms with E-state index in [0.717, 1.165) is 50.4 Å². The van der Waals surface area contributed by atoms with Crippen molar-refractivity contribution < 1.29 is 0 Å². The van der Waals surface area contributed by atoms with Gasteiger partial charge in [-0.2, -0.15) is 0 Å². The third kappa shape index (κ3) is 12.5. The molecule has 0 aliphatic heterocycles. The molecule has 6 aromatic heterocycles. The van der Waals surface area contributed by atoms with Crippen molar-refractivity contribution in [2.24, 2.45) is 0 Å². The standard InChI is InChI=1S/C66H51N3.C60H39N3/c1-40-31-43(4)64(67-58-25-13-7-19-49(58)50-20-8-14-26-59(50)67)37-55(40)46-34-47(56-38-65(44(5)32-41(56)2)68-60-27-15-9-21-51(60)52-22-10-16-28-61(52)68)36-48(35-46)57-39-66(45(6)33-42(57)3)69-62-29-17-11-23-53(62)54-24-12-18-30-63(54)69;1-7-28-55-49(22-1)50-23-2-8-29-56(50)61(55)46-19-13-16-40(37-46)43-34-44(41-17-14-20-47(38-41)62-57-30-9-3-24-51(57)52-25-4-10-31-58(52)62)36-45(35-43)42-18-15-21-48(39-42)63-59-32-11-5-26-53(59)54-27-6-12-33-60(54)63/h7-39H,1-6H3;1-39H. The molecule has 6 nitrogen and oxygen atoms in total. The Morgan fingerprint density at radius 2 is 0.288 bits per heavy atom. The minimum absolute atomic E-state index is 1.14. The fourth-order valence-corrected chi connectivity index (χ4v) is 22.0. The van der Waals surface area contributed by atoms with Crippen LogP contribution in [-0.4, -0.2) is 27.4 Å². The van der Waals surface area contributed by atoms with Crippen molar-refractivity contribution in [3.8, 4) is 101 Å². The Morgan fingerprint density at radius 3 is 0.477 bits per heavy atom. The molecule has 132 heavy (non-hydrogen) atoms. The highest BCUT2D eigenvalue weighted by Crippen LogP contribution is 2.47. The Morgan fingerprint density at radius 1 is 0.121 bits per heavy atom. The monoisotopic (exact) mass is 1690 g/mol. The quantitative estimate of drug-likeness (QED) is 0.117. The summed E-state index contributed by atoms with van der Waals surface area (Å²) in [4.78, 5) is 0. The molecule has 20 aromatic carbocycles. The van der Waals surface area contributed by atoms with Crippen LogP contribution in [-0.2, 0) is 0 Å². The summed E-state index contributed by atoms with van der Waals surface area (Å²) in [6, 6.07) is 161. The van der Waals surface area contributed by atoms with Gasteiger partial charge in [-0.1, -0.05) is 273 Å². The van der Waals surface area contributed by atoms with E-state index in [-0.39, 0.29) is 0 Å². The van der Waals surface area contributed by atoms with Crippen LogP contribution in [0.4, 0.5) is 0 Å². The van der Waals surface area contributed by atoms with Crippen molar-refractivity contribution in [3.63, 3.8) is 0 Å². The first-order valence-corrected chi connectivity index (χ1v) is 45.8. The van der Waals surface area contributed by atoms with Gasteiger partial charge in [0.1, 0.15) is 0 Å². The molecule has 624 valence electrons. The van der Waals surface area contributed by atoms with Gasteiger partial charge in [0.15, 0.2) is 0 Å². The smallest absolute Gasteiger partial charge is 0.0541 e. The molecule has 0 spiro atoms. The molecule has 0 atom stereocenters. The molecule has 0 saturated heterocycles. The minimum Gasteiger partial charge on any atom is -0.309 e. The zero-order chi connectivity index (χ0) is 88.1. The lowest BCUT2D eigenvalue weighted by molar-refractivity contribution is 1.14. The average Bonchev–Trinajstić information content (AvgIpc) is 1.36. The van der Waals surface area contributed by atoms with E-state index in [9.17, 15) is 0 Å². The molecular weight excluding hydrogens is 1600 g/mol. The molecule has 0 aliphatic carbocycles. The Labute approximate surface area is 765 Å². The maximum Gasteiger partial charge on any atom is 0.0541 e. The number of para-hydroxylation sites is 12. The fourth-order valence-electron chi connectivity index (χ4n) is 22.0. The topological polar surface area (TPSA) is 29.6 Å². The summed E-state index contributed by atoms with van der Waals surface area (Å²) >= 11 is 0. The number of hydrogen-bond donors (Lipinski definition) is 0. The summed E-state index contributed by atoms with van der Waals surface area (Å²) in [6.07, 6.45) is 0. The molecule has 0 aliphatic rings. The normalized spacial score (nSPS) is 11.9. The van der Waals surface area contributed by atoms with E-state index in [4.69, 9.17) is 0 Å².